The van der Waals surface area contributed by atoms with Crippen LogP contribution in [-0.2, 0) is 15.7 Å². The first-order valence-electron chi connectivity index (χ1n) is 6.20. The molecule has 1 aromatic heterocycles. The van der Waals surface area contributed by atoms with Crippen LogP contribution in [0.25, 0.3) is 0 Å². The van der Waals surface area contributed by atoms with Gasteiger partial charge in [0, 0.05) is 6.54 Å². The highest BCUT2D eigenvalue weighted by atomic mass is 19.4. The average Bonchev–Trinajstić information content (AvgIpc) is 2.38. The summed E-state index contributed by atoms with van der Waals surface area (Å²) in [4.78, 5) is 13.0. The number of carbonyl (C=O) groups excluding carboxylic acids is 1. The predicted octanol–water partition coefficient (Wildman–Crippen LogP) is 2.27. The van der Waals surface area contributed by atoms with Gasteiger partial charge in [-0.05, 0) is 25.5 Å². The summed E-state index contributed by atoms with van der Waals surface area (Å²) in [5.74, 6) is -0.240. The van der Waals surface area contributed by atoms with Crippen molar-refractivity contribution in [3.8, 4) is 0 Å². The van der Waals surface area contributed by atoms with Crippen molar-refractivity contribution in [2.75, 3.05) is 24.6 Å². The van der Waals surface area contributed by atoms with Gasteiger partial charge in [0.25, 0.3) is 0 Å². The van der Waals surface area contributed by atoms with E-state index in [2.05, 4.69) is 10.2 Å². The molecule has 0 saturated heterocycles. The second-order valence-corrected chi connectivity index (χ2v) is 4.00. The number of halogens is 3. The Morgan fingerprint density at radius 2 is 2.00 bits per heavy atom. The van der Waals surface area contributed by atoms with Crippen molar-refractivity contribution >= 4 is 11.8 Å². The molecule has 1 rings (SSSR count). The molecule has 0 atom stereocenters. The Bertz CT molecular complexity index is 435. The van der Waals surface area contributed by atoms with Gasteiger partial charge in [0.1, 0.15) is 6.54 Å². The number of nitrogens with zero attached hydrogens (tertiary/aromatic N) is 3. The van der Waals surface area contributed by atoms with E-state index in [0.717, 1.165) is 6.07 Å². The molecule has 0 amide bonds. The van der Waals surface area contributed by atoms with Crippen molar-refractivity contribution in [3.63, 3.8) is 0 Å². The molecule has 20 heavy (non-hydrogen) atoms. The van der Waals surface area contributed by atoms with Crippen molar-refractivity contribution < 1.29 is 22.7 Å². The van der Waals surface area contributed by atoms with E-state index in [1.807, 2.05) is 6.92 Å². The minimum Gasteiger partial charge on any atom is -0.465 e. The maximum atomic E-state index is 12.4. The normalized spacial score (nSPS) is 11.2. The average molecular weight is 291 g/mol. The van der Waals surface area contributed by atoms with E-state index in [1.165, 1.54) is 11.0 Å². The zero-order valence-electron chi connectivity index (χ0n) is 11.3. The molecule has 1 aromatic rings. The number of anilines is 1. The zero-order valence-corrected chi connectivity index (χ0v) is 11.3. The van der Waals surface area contributed by atoms with Gasteiger partial charge >= 0.3 is 12.1 Å². The van der Waals surface area contributed by atoms with Crippen LogP contribution in [0.1, 0.15) is 26.0 Å². The standard InChI is InChI=1S/C12H16F3N3O2/c1-3-7-18(8-11(19)20-4-2)10-6-5-9(16-17-10)12(13,14)15/h5-6H,3-4,7-8H2,1-2H3. The molecule has 0 aliphatic carbocycles. The van der Waals surface area contributed by atoms with E-state index in [4.69, 9.17) is 4.74 Å². The lowest BCUT2D eigenvalue weighted by molar-refractivity contribution is -0.142. The van der Waals surface area contributed by atoms with Gasteiger partial charge in [-0.2, -0.15) is 13.2 Å². The third kappa shape index (κ3) is 4.67. The second-order valence-electron chi connectivity index (χ2n) is 4.00. The van der Waals surface area contributed by atoms with E-state index < -0.39 is 17.8 Å². The summed E-state index contributed by atoms with van der Waals surface area (Å²) >= 11 is 0. The lowest BCUT2D eigenvalue weighted by atomic mass is 10.3. The molecule has 0 aromatic carbocycles. The van der Waals surface area contributed by atoms with Crippen molar-refractivity contribution in [1.29, 1.82) is 0 Å². The van der Waals surface area contributed by atoms with E-state index in [0.29, 0.717) is 13.0 Å². The fraction of sp³-hybridized carbons (Fsp3) is 0.583. The van der Waals surface area contributed by atoms with Crippen molar-refractivity contribution in [2.24, 2.45) is 0 Å². The third-order valence-corrected chi connectivity index (χ3v) is 2.38. The predicted molar refractivity (Wildman–Crippen MR) is 66.2 cm³/mol. The van der Waals surface area contributed by atoms with Gasteiger partial charge in [0.05, 0.1) is 6.61 Å². The molecule has 112 valence electrons. The van der Waals surface area contributed by atoms with Gasteiger partial charge < -0.3 is 9.64 Å². The monoisotopic (exact) mass is 291 g/mol. The Morgan fingerprint density at radius 3 is 2.45 bits per heavy atom. The first-order valence-corrected chi connectivity index (χ1v) is 6.20. The van der Waals surface area contributed by atoms with E-state index in [-0.39, 0.29) is 19.0 Å². The van der Waals surface area contributed by atoms with Crippen LogP contribution >= 0.6 is 0 Å². The molecule has 0 radical (unpaired) electrons. The molecule has 8 heteroatoms. The number of alkyl halides is 3. The smallest absolute Gasteiger partial charge is 0.435 e. The molecule has 0 aliphatic heterocycles. The fourth-order valence-corrected chi connectivity index (χ4v) is 1.55. The van der Waals surface area contributed by atoms with Crippen LogP contribution in [0.3, 0.4) is 0 Å². The van der Waals surface area contributed by atoms with Crippen LogP contribution in [0.15, 0.2) is 12.1 Å². The number of carbonyl (C=O) groups is 1. The summed E-state index contributed by atoms with van der Waals surface area (Å²) in [5, 5.41) is 6.66. The van der Waals surface area contributed by atoms with Crippen LogP contribution in [0.5, 0.6) is 0 Å². The summed E-state index contributed by atoms with van der Waals surface area (Å²) < 4.78 is 42.0. The summed E-state index contributed by atoms with van der Waals surface area (Å²) in [7, 11) is 0. The summed E-state index contributed by atoms with van der Waals surface area (Å²) in [6.07, 6.45) is -3.82. The Morgan fingerprint density at radius 1 is 1.30 bits per heavy atom. The molecule has 0 N–H and O–H groups in total. The molecular weight excluding hydrogens is 275 g/mol. The van der Waals surface area contributed by atoms with Crippen molar-refractivity contribution in [1.82, 2.24) is 10.2 Å². The van der Waals surface area contributed by atoms with Crippen LogP contribution in [-0.4, -0.2) is 35.9 Å². The molecule has 0 bridgehead atoms. The Balaban J connectivity index is 2.84. The molecule has 1 heterocycles. The molecule has 0 spiro atoms. The molecule has 0 fully saturated rings. The van der Waals surface area contributed by atoms with Gasteiger partial charge in [0.2, 0.25) is 0 Å². The van der Waals surface area contributed by atoms with E-state index in [1.54, 1.807) is 6.92 Å². The highest BCUT2D eigenvalue weighted by Gasteiger charge is 2.33. The maximum absolute atomic E-state index is 12.4. The van der Waals surface area contributed by atoms with Gasteiger partial charge in [-0.15, -0.1) is 10.2 Å². The van der Waals surface area contributed by atoms with Gasteiger partial charge in [0.15, 0.2) is 11.5 Å². The largest absolute Gasteiger partial charge is 0.465 e. The minimum atomic E-state index is -4.53. The maximum Gasteiger partial charge on any atom is 0.435 e. The van der Waals surface area contributed by atoms with Crippen LogP contribution in [0.2, 0.25) is 0 Å². The van der Waals surface area contributed by atoms with Crippen molar-refractivity contribution in [2.45, 2.75) is 26.4 Å². The zero-order chi connectivity index (χ0) is 15.2. The van der Waals surface area contributed by atoms with Crippen LogP contribution in [0, 0.1) is 0 Å². The van der Waals surface area contributed by atoms with E-state index in [9.17, 15) is 18.0 Å². The lowest BCUT2D eigenvalue weighted by Crippen LogP contribution is -2.32. The summed E-state index contributed by atoms with van der Waals surface area (Å²) in [5.41, 5.74) is -1.06. The second kappa shape index (κ2) is 7.06. The highest BCUT2D eigenvalue weighted by Crippen LogP contribution is 2.27. The third-order valence-electron chi connectivity index (χ3n) is 2.38. The first kappa shape index (κ1) is 16.2. The summed E-state index contributed by atoms with van der Waals surface area (Å²) in [6, 6.07) is 2.04. The van der Waals surface area contributed by atoms with Gasteiger partial charge in [-0.1, -0.05) is 6.92 Å². The molecule has 0 unspecified atom stereocenters. The number of rotatable bonds is 6. The lowest BCUT2D eigenvalue weighted by Gasteiger charge is -2.21. The number of ether oxygens (including phenoxy) is 1. The van der Waals surface area contributed by atoms with Crippen LogP contribution in [0.4, 0.5) is 19.0 Å². The highest BCUT2D eigenvalue weighted by molar-refractivity contribution is 5.75. The number of hydrogen-bond donors (Lipinski definition) is 0. The number of esters is 1. The minimum absolute atomic E-state index is 0.0677. The molecule has 0 aliphatic rings. The topological polar surface area (TPSA) is 55.3 Å². The van der Waals surface area contributed by atoms with Crippen molar-refractivity contribution in [3.05, 3.63) is 17.8 Å². The Kier molecular flexibility index (Phi) is 5.72. The molecule has 0 saturated carbocycles. The number of aromatic nitrogens is 2. The summed E-state index contributed by atoms with van der Waals surface area (Å²) in [6.45, 7) is 4.22. The SMILES string of the molecule is CCCN(CC(=O)OCC)c1ccc(C(F)(F)F)nn1. The first-order chi connectivity index (χ1) is 9.38. The molecular formula is C12H16F3N3O2. The van der Waals surface area contributed by atoms with Gasteiger partial charge in [-0.25, -0.2) is 0 Å². The van der Waals surface area contributed by atoms with Crippen LogP contribution < -0.4 is 4.90 Å². The quantitative estimate of drug-likeness (QED) is 0.753. The van der Waals surface area contributed by atoms with Gasteiger partial charge in [-0.3, -0.25) is 4.79 Å². The Labute approximate surface area is 114 Å². The van der Waals surface area contributed by atoms with E-state index >= 15 is 0 Å². The Hall–Kier alpha value is -1.86. The fourth-order valence-electron chi connectivity index (χ4n) is 1.55. The number of hydrogen-bond acceptors (Lipinski definition) is 5. The molecule has 5 nitrogen and oxygen atoms in total.